The summed E-state index contributed by atoms with van der Waals surface area (Å²) in [7, 11) is 1.69. The standard InChI is InChI=1S/C16H22N2OS/c1-5-15(13-6-8-14(19-4)9-7-13)17-11(2)16-10-20-12(3)18-16/h6-11,15,17H,5H2,1-4H3. The van der Waals surface area contributed by atoms with Crippen LogP contribution in [0.2, 0.25) is 0 Å². The summed E-state index contributed by atoms with van der Waals surface area (Å²) in [5, 5.41) is 6.90. The molecular formula is C16H22N2OS. The maximum Gasteiger partial charge on any atom is 0.118 e. The lowest BCUT2D eigenvalue weighted by Crippen LogP contribution is -2.24. The van der Waals surface area contributed by atoms with Crippen LogP contribution in [-0.2, 0) is 0 Å². The molecule has 0 aliphatic rings. The summed E-state index contributed by atoms with van der Waals surface area (Å²) in [6, 6.07) is 8.86. The van der Waals surface area contributed by atoms with Gasteiger partial charge >= 0.3 is 0 Å². The summed E-state index contributed by atoms with van der Waals surface area (Å²) in [6.45, 7) is 6.41. The number of rotatable bonds is 6. The van der Waals surface area contributed by atoms with Crippen LogP contribution in [0.5, 0.6) is 5.75 Å². The van der Waals surface area contributed by atoms with E-state index in [9.17, 15) is 0 Å². The van der Waals surface area contributed by atoms with E-state index in [0.717, 1.165) is 22.9 Å². The molecule has 0 saturated heterocycles. The quantitative estimate of drug-likeness (QED) is 0.863. The third-order valence-corrected chi connectivity index (χ3v) is 4.25. The first-order valence-corrected chi connectivity index (χ1v) is 7.84. The van der Waals surface area contributed by atoms with E-state index in [2.05, 4.69) is 41.7 Å². The van der Waals surface area contributed by atoms with E-state index in [1.807, 2.05) is 19.1 Å². The number of hydrogen-bond donors (Lipinski definition) is 1. The number of nitrogens with zero attached hydrogens (tertiary/aromatic N) is 1. The van der Waals surface area contributed by atoms with E-state index in [-0.39, 0.29) is 6.04 Å². The van der Waals surface area contributed by atoms with Gasteiger partial charge in [-0.15, -0.1) is 11.3 Å². The average Bonchev–Trinajstić information content (AvgIpc) is 2.91. The fourth-order valence-electron chi connectivity index (χ4n) is 2.25. The topological polar surface area (TPSA) is 34.2 Å². The van der Waals surface area contributed by atoms with Gasteiger partial charge in [0.05, 0.1) is 17.8 Å². The van der Waals surface area contributed by atoms with Crippen molar-refractivity contribution in [3.8, 4) is 5.75 Å². The Morgan fingerprint density at radius 1 is 1.30 bits per heavy atom. The maximum absolute atomic E-state index is 5.21. The molecule has 0 amide bonds. The predicted octanol–water partition coefficient (Wildman–Crippen LogP) is 4.26. The smallest absolute Gasteiger partial charge is 0.118 e. The van der Waals surface area contributed by atoms with Crippen LogP contribution in [0.15, 0.2) is 29.6 Å². The zero-order valence-corrected chi connectivity index (χ0v) is 13.3. The molecule has 1 heterocycles. The van der Waals surface area contributed by atoms with E-state index >= 15 is 0 Å². The highest BCUT2D eigenvalue weighted by Crippen LogP contribution is 2.24. The molecule has 1 aromatic heterocycles. The summed E-state index contributed by atoms with van der Waals surface area (Å²) in [6.07, 6.45) is 1.04. The summed E-state index contributed by atoms with van der Waals surface area (Å²) in [5.41, 5.74) is 2.41. The highest BCUT2D eigenvalue weighted by Gasteiger charge is 2.15. The number of hydrogen-bond acceptors (Lipinski definition) is 4. The Morgan fingerprint density at radius 2 is 2.00 bits per heavy atom. The molecule has 2 aromatic rings. The highest BCUT2D eigenvalue weighted by molar-refractivity contribution is 7.09. The van der Waals surface area contributed by atoms with Gasteiger partial charge in [0, 0.05) is 17.5 Å². The largest absolute Gasteiger partial charge is 0.497 e. The second kappa shape index (κ2) is 6.86. The van der Waals surface area contributed by atoms with Gasteiger partial charge in [0.2, 0.25) is 0 Å². The minimum atomic E-state index is 0.256. The molecule has 2 rings (SSSR count). The molecule has 4 heteroatoms. The third kappa shape index (κ3) is 3.58. The second-order valence-electron chi connectivity index (χ2n) is 4.91. The molecule has 20 heavy (non-hydrogen) atoms. The van der Waals surface area contributed by atoms with Crippen LogP contribution in [0.4, 0.5) is 0 Å². The van der Waals surface area contributed by atoms with Crippen LogP contribution in [0.1, 0.15) is 48.6 Å². The Morgan fingerprint density at radius 3 is 2.50 bits per heavy atom. The number of nitrogens with one attached hydrogen (secondary N) is 1. The van der Waals surface area contributed by atoms with Gasteiger partial charge in [0.25, 0.3) is 0 Å². The molecular weight excluding hydrogens is 268 g/mol. The molecule has 2 unspecified atom stereocenters. The van der Waals surface area contributed by atoms with Crippen molar-refractivity contribution >= 4 is 11.3 Å². The van der Waals surface area contributed by atoms with E-state index in [0.29, 0.717) is 6.04 Å². The average molecular weight is 290 g/mol. The SMILES string of the molecule is CCC(NC(C)c1csc(C)n1)c1ccc(OC)cc1. The van der Waals surface area contributed by atoms with Gasteiger partial charge in [-0.25, -0.2) is 4.98 Å². The van der Waals surface area contributed by atoms with E-state index in [1.165, 1.54) is 5.56 Å². The number of methoxy groups -OCH3 is 1. The van der Waals surface area contributed by atoms with E-state index in [1.54, 1.807) is 18.4 Å². The number of aromatic nitrogens is 1. The van der Waals surface area contributed by atoms with Crippen LogP contribution in [0.25, 0.3) is 0 Å². The van der Waals surface area contributed by atoms with Crippen molar-refractivity contribution in [3.05, 3.63) is 45.9 Å². The Balaban J connectivity index is 2.07. The van der Waals surface area contributed by atoms with E-state index < -0.39 is 0 Å². The van der Waals surface area contributed by atoms with Crippen molar-refractivity contribution in [2.45, 2.75) is 39.3 Å². The number of aryl methyl sites for hydroxylation is 1. The first-order chi connectivity index (χ1) is 9.63. The van der Waals surface area contributed by atoms with E-state index in [4.69, 9.17) is 4.74 Å². The van der Waals surface area contributed by atoms with Gasteiger partial charge in [-0.1, -0.05) is 19.1 Å². The molecule has 0 radical (unpaired) electrons. The molecule has 0 fully saturated rings. The summed E-state index contributed by atoms with van der Waals surface area (Å²) in [5.74, 6) is 0.895. The van der Waals surface area contributed by atoms with Crippen molar-refractivity contribution in [1.82, 2.24) is 10.3 Å². The van der Waals surface area contributed by atoms with Crippen molar-refractivity contribution in [2.75, 3.05) is 7.11 Å². The Hall–Kier alpha value is -1.39. The molecule has 3 nitrogen and oxygen atoms in total. The lowest BCUT2D eigenvalue weighted by atomic mass is 10.0. The van der Waals surface area contributed by atoms with Gasteiger partial charge < -0.3 is 10.1 Å². The Labute approximate surface area is 125 Å². The zero-order chi connectivity index (χ0) is 14.5. The second-order valence-corrected chi connectivity index (χ2v) is 5.98. The zero-order valence-electron chi connectivity index (χ0n) is 12.5. The normalized spacial score (nSPS) is 14.0. The Bertz CT molecular complexity index is 536. The van der Waals surface area contributed by atoms with Crippen LogP contribution in [0.3, 0.4) is 0 Å². The van der Waals surface area contributed by atoms with Crippen LogP contribution < -0.4 is 10.1 Å². The van der Waals surface area contributed by atoms with Gasteiger partial charge in [-0.05, 0) is 38.0 Å². The number of ether oxygens (including phenoxy) is 1. The van der Waals surface area contributed by atoms with Crippen molar-refractivity contribution in [3.63, 3.8) is 0 Å². The van der Waals surface area contributed by atoms with Crippen LogP contribution in [-0.4, -0.2) is 12.1 Å². The molecule has 0 spiro atoms. The highest BCUT2D eigenvalue weighted by atomic mass is 32.1. The predicted molar refractivity (Wildman–Crippen MR) is 84.4 cm³/mol. The molecule has 0 aliphatic carbocycles. The summed E-state index contributed by atoms with van der Waals surface area (Å²) in [4.78, 5) is 4.56. The first-order valence-electron chi connectivity index (χ1n) is 6.96. The van der Waals surface area contributed by atoms with Crippen molar-refractivity contribution in [1.29, 1.82) is 0 Å². The first kappa shape index (κ1) is 15.0. The monoisotopic (exact) mass is 290 g/mol. The molecule has 0 saturated carbocycles. The number of thiazole rings is 1. The third-order valence-electron chi connectivity index (χ3n) is 3.46. The van der Waals surface area contributed by atoms with Gasteiger partial charge in [-0.3, -0.25) is 0 Å². The molecule has 108 valence electrons. The molecule has 0 aliphatic heterocycles. The lowest BCUT2D eigenvalue weighted by Gasteiger charge is -2.22. The molecule has 0 bridgehead atoms. The molecule has 2 atom stereocenters. The van der Waals surface area contributed by atoms with Crippen molar-refractivity contribution < 1.29 is 4.74 Å². The maximum atomic E-state index is 5.21. The van der Waals surface area contributed by atoms with Gasteiger partial charge in [-0.2, -0.15) is 0 Å². The van der Waals surface area contributed by atoms with Crippen LogP contribution in [0, 0.1) is 6.92 Å². The Kier molecular flexibility index (Phi) is 5.15. The molecule has 1 aromatic carbocycles. The van der Waals surface area contributed by atoms with Crippen molar-refractivity contribution in [2.24, 2.45) is 0 Å². The van der Waals surface area contributed by atoms with Gasteiger partial charge in [0.1, 0.15) is 5.75 Å². The minimum Gasteiger partial charge on any atom is -0.497 e. The lowest BCUT2D eigenvalue weighted by molar-refractivity contribution is 0.413. The number of benzene rings is 1. The minimum absolute atomic E-state index is 0.256. The van der Waals surface area contributed by atoms with Crippen LogP contribution >= 0.6 is 11.3 Å². The fraction of sp³-hybridized carbons (Fsp3) is 0.438. The summed E-state index contributed by atoms with van der Waals surface area (Å²) < 4.78 is 5.21. The molecule has 1 N–H and O–H groups in total. The summed E-state index contributed by atoms with van der Waals surface area (Å²) >= 11 is 1.70. The fourth-order valence-corrected chi connectivity index (χ4v) is 2.96. The van der Waals surface area contributed by atoms with Gasteiger partial charge in [0.15, 0.2) is 0 Å².